The molecule has 0 aliphatic heterocycles. The molecule has 0 amide bonds. The second-order valence-electron chi connectivity index (χ2n) is 5.55. The van der Waals surface area contributed by atoms with Crippen LogP contribution in [0.2, 0.25) is 0 Å². The van der Waals surface area contributed by atoms with Gasteiger partial charge in [0.15, 0.2) is 0 Å². The molecule has 3 rings (SSSR count). The largest absolute Gasteiger partial charge is 0.468 e. The van der Waals surface area contributed by atoms with Gasteiger partial charge in [-0.15, -0.1) is 0 Å². The molecule has 110 valence electrons. The van der Waals surface area contributed by atoms with E-state index in [2.05, 4.69) is 4.98 Å². The Kier molecular flexibility index (Phi) is 3.51. The Hall–Kier alpha value is -2.14. The number of benzene rings is 1. The van der Waals surface area contributed by atoms with Crippen molar-refractivity contribution in [3.05, 3.63) is 42.7 Å². The predicted octanol–water partition coefficient (Wildman–Crippen LogP) is 1.83. The summed E-state index contributed by atoms with van der Waals surface area (Å²) in [5, 5.41) is 0. The third-order valence-corrected chi connectivity index (χ3v) is 4.05. The van der Waals surface area contributed by atoms with Crippen LogP contribution in [0.5, 0.6) is 0 Å². The van der Waals surface area contributed by atoms with Gasteiger partial charge in [0.05, 0.1) is 13.7 Å². The molecule has 0 saturated heterocycles. The van der Waals surface area contributed by atoms with E-state index >= 15 is 0 Å². The highest BCUT2D eigenvalue weighted by Crippen LogP contribution is 2.40. The van der Waals surface area contributed by atoms with E-state index in [1.54, 1.807) is 6.20 Å². The van der Waals surface area contributed by atoms with Crippen molar-refractivity contribution >= 4 is 5.97 Å². The molecule has 0 spiro atoms. The Bertz CT molecular complexity index is 634. The number of carbonyl (C=O) groups is 1. The number of rotatable bonds is 5. The monoisotopic (exact) mass is 285 g/mol. The van der Waals surface area contributed by atoms with Gasteiger partial charge in [-0.25, -0.2) is 9.78 Å². The van der Waals surface area contributed by atoms with Gasteiger partial charge in [-0.2, -0.15) is 0 Å². The number of esters is 1. The van der Waals surface area contributed by atoms with Crippen molar-refractivity contribution in [1.29, 1.82) is 0 Å². The first-order chi connectivity index (χ1) is 10.1. The van der Waals surface area contributed by atoms with Gasteiger partial charge in [0.2, 0.25) is 0 Å². The molecule has 0 bridgehead atoms. The molecule has 1 aliphatic carbocycles. The van der Waals surface area contributed by atoms with E-state index in [1.165, 1.54) is 7.11 Å². The van der Waals surface area contributed by atoms with E-state index < -0.39 is 5.54 Å². The van der Waals surface area contributed by atoms with E-state index in [0.717, 1.165) is 24.2 Å². The molecule has 1 atom stereocenters. The fourth-order valence-corrected chi connectivity index (χ4v) is 2.72. The maximum Gasteiger partial charge on any atom is 0.327 e. The van der Waals surface area contributed by atoms with Crippen molar-refractivity contribution in [1.82, 2.24) is 9.55 Å². The standard InChI is InChI=1S/C16H19N3O2/c1-21-15(20)16(17,13-7-8-13)11-19-10-9-18-14(19)12-5-3-2-4-6-12/h2-6,9-10,13H,7-8,11,17H2,1H3. The molecular weight excluding hydrogens is 266 g/mol. The number of ether oxygens (including phenoxy) is 1. The van der Waals surface area contributed by atoms with Crippen molar-refractivity contribution in [2.75, 3.05) is 7.11 Å². The Morgan fingerprint density at radius 2 is 2.14 bits per heavy atom. The van der Waals surface area contributed by atoms with Crippen LogP contribution >= 0.6 is 0 Å². The maximum atomic E-state index is 12.1. The van der Waals surface area contributed by atoms with Crippen molar-refractivity contribution in [3.8, 4) is 11.4 Å². The van der Waals surface area contributed by atoms with Gasteiger partial charge in [0, 0.05) is 18.0 Å². The SMILES string of the molecule is COC(=O)C(N)(Cn1ccnc1-c1ccccc1)C1CC1. The quantitative estimate of drug-likeness (QED) is 0.851. The fourth-order valence-electron chi connectivity index (χ4n) is 2.72. The smallest absolute Gasteiger partial charge is 0.327 e. The summed E-state index contributed by atoms with van der Waals surface area (Å²) >= 11 is 0. The Morgan fingerprint density at radius 3 is 2.76 bits per heavy atom. The summed E-state index contributed by atoms with van der Waals surface area (Å²) in [6.07, 6.45) is 5.53. The number of hydrogen-bond donors (Lipinski definition) is 1. The van der Waals surface area contributed by atoms with E-state index in [1.807, 2.05) is 41.1 Å². The van der Waals surface area contributed by atoms with E-state index in [4.69, 9.17) is 10.5 Å². The number of hydrogen-bond acceptors (Lipinski definition) is 4. The number of nitrogens with two attached hydrogens (primary N) is 1. The van der Waals surface area contributed by atoms with E-state index in [0.29, 0.717) is 6.54 Å². The van der Waals surface area contributed by atoms with Crippen molar-refractivity contribution in [2.24, 2.45) is 11.7 Å². The Labute approximate surface area is 123 Å². The molecule has 1 fully saturated rings. The zero-order valence-corrected chi connectivity index (χ0v) is 12.0. The highest BCUT2D eigenvalue weighted by molar-refractivity contribution is 5.81. The van der Waals surface area contributed by atoms with Crippen LogP contribution in [0.25, 0.3) is 11.4 Å². The highest BCUT2D eigenvalue weighted by Gasteiger charge is 2.49. The zero-order chi connectivity index (χ0) is 14.9. The molecular formula is C16H19N3O2. The summed E-state index contributed by atoms with van der Waals surface area (Å²) in [6.45, 7) is 0.383. The van der Waals surface area contributed by atoms with Crippen LogP contribution in [0.1, 0.15) is 12.8 Å². The average Bonchev–Trinajstić information content (AvgIpc) is 3.28. The lowest BCUT2D eigenvalue weighted by Gasteiger charge is -2.27. The normalized spacial score (nSPS) is 17.2. The summed E-state index contributed by atoms with van der Waals surface area (Å²) in [6, 6.07) is 9.87. The topological polar surface area (TPSA) is 70.1 Å². The van der Waals surface area contributed by atoms with E-state index in [9.17, 15) is 4.79 Å². The molecule has 0 radical (unpaired) electrons. The summed E-state index contributed by atoms with van der Waals surface area (Å²) in [5.74, 6) is 0.656. The Balaban J connectivity index is 1.91. The van der Waals surface area contributed by atoms with Crippen LogP contribution in [-0.4, -0.2) is 28.2 Å². The molecule has 2 aromatic rings. The molecule has 21 heavy (non-hydrogen) atoms. The fraction of sp³-hybridized carbons (Fsp3) is 0.375. The van der Waals surface area contributed by atoms with Crippen molar-refractivity contribution in [3.63, 3.8) is 0 Å². The molecule has 1 aliphatic rings. The van der Waals surface area contributed by atoms with Crippen LogP contribution in [0.3, 0.4) is 0 Å². The lowest BCUT2D eigenvalue weighted by Crippen LogP contribution is -2.54. The molecule has 1 heterocycles. The molecule has 1 unspecified atom stereocenters. The van der Waals surface area contributed by atoms with Gasteiger partial charge in [-0.05, 0) is 18.8 Å². The molecule has 1 aromatic carbocycles. The van der Waals surface area contributed by atoms with Gasteiger partial charge in [0.25, 0.3) is 0 Å². The summed E-state index contributed by atoms with van der Waals surface area (Å²) in [4.78, 5) is 16.5. The molecule has 2 N–H and O–H groups in total. The summed E-state index contributed by atoms with van der Waals surface area (Å²) in [7, 11) is 1.39. The van der Waals surface area contributed by atoms with Crippen molar-refractivity contribution in [2.45, 2.75) is 24.9 Å². The van der Waals surface area contributed by atoms with Gasteiger partial charge < -0.3 is 15.0 Å². The van der Waals surface area contributed by atoms with Crippen LogP contribution in [0.4, 0.5) is 0 Å². The highest BCUT2D eigenvalue weighted by atomic mass is 16.5. The maximum absolute atomic E-state index is 12.1. The first-order valence-corrected chi connectivity index (χ1v) is 7.09. The predicted molar refractivity (Wildman–Crippen MR) is 79.3 cm³/mol. The minimum atomic E-state index is -0.973. The van der Waals surface area contributed by atoms with Gasteiger partial charge in [-0.1, -0.05) is 30.3 Å². The van der Waals surface area contributed by atoms with Crippen LogP contribution in [-0.2, 0) is 16.1 Å². The second kappa shape index (κ2) is 5.33. The third-order valence-electron chi connectivity index (χ3n) is 4.05. The molecule has 1 saturated carbocycles. The number of methoxy groups -OCH3 is 1. The van der Waals surface area contributed by atoms with Crippen LogP contribution in [0.15, 0.2) is 42.7 Å². The second-order valence-corrected chi connectivity index (χ2v) is 5.55. The molecule has 5 heteroatoms. The lowest BCUT2D eigenvalue weighted by atomic mass is 9.94. The first kappa shape index (κ1) is 13.8. The van der Waals surface area contributed by atoms with Gasteiger partial charge in [0.1, 0.15) is 11.4 Å². The summed E-state index contributed by atoms with van der Waals surface area (Å²) in [5.41, 5.74) is 6.40. The molecule has 1 aromatic heterocycles. The first-order valence-electron chi connectivity index (χ1n) is 7.09. The summed E-state index contributed by atoms with van der Waals surface area (Å²) < 4.78 is 6.85. The zero-order valence-electron chi connectivity index (χ0n) is 12.0. The minimum absolute atomic E-state index is 0.191. The third kappa shape index (κ3) is 2.56. The van der Waals surface area contributed by atoms with E-state index in [-0.39, 0.29) is 11.9 Å². The Morgan fingerprint density at radius 1 is 1.43 bits per heavy atom. The number of nitrogens with zero attached hydrogens (tertiary/aromatic N) is 2. The van der Waals surface area contributed by atoms with Gasteiger partial charge >= 0.3 is 5.97 Å². The van der Waals surface area contributed by atoms with Crippen LogP contribution < -0.4 is 5.73 Å². The number of imidazole rings is 1. The minimum Gasteiger partial charge on any atom is -0.468 e. The number of carbonyl (C=O) groups excluding carboxylic acids is 1. The lowest BCUT2D eigenvalue weighted by molar-refractivity contribution is -0.148. The average molecular weight is 285 g/mol. The number of aromatic nitrogens is 2. The molecule has 5 nitrogen and oxygen atoms in total. The van der Waals surface area contributed by atoms with Crippen LogP contribution in [0, 0.1) is 5.92 Å². The van der Waals surface area contributed by atoms with Gasteiger partial charge in [-0.3, -0.25) is 0 Å². The van der Waals surface area contributed by atoms with Crippen molar-refractivity contribution < 1.29 is 9.53 Å².